The molecule has 1 heterocycles. The van der Waals surface area contributed by atoms with Crippen molar-refractivity contribution in [2.75, 3.05) is 20.2 Å². The SMILES string of the molecule is CN=C(NCc1cccc(OCC(N)=O)c1)N1CCc2ccccc2C1.I. The van der Waals surface area contributed by atoms with E-state index in [1.165, 1.54) is 11.1 Å². The predicted octanol–water partition coefficient (Wildman–Crippen LogP) is 2.30. The lowest BCUT2D eigenvalue weighted by Crippen LogP contribution is -2.43. The number of carbonyl (C=O) groups is 1. The number of nitrogens with one attached hydrogen (secondary N) is 1. The van der Waals surface area contributed by atoms with Gasteiger partial charge in [0.1, 0.15) is 5.75 Å². The molecule has 3 rings (SSSR count). The Hall–Kier alpha value is -2.29. The zero-order valence-corrected chi connectivity index (χ0v) is 17.7. The van der Waals surface area contributed by atoms with E-state index in [2.05, 4.69) is 39.5 Å². The van der Waals surface area contributed by atoms with Gasteiger partial charge < -0.3 is 20.7 Å². The maximum Gasteiger partial charge on any atom is 0.255 e. The number of rotatable bonds is 5. The molecule has 0 saturated carbocycles. The van der Waals surface area contributed by atoms with Crippen LogP contribution < -0.4 is 15.8 Å². The summed E-state index contributed by atoms with van der Waals surface area (Å²) in [6.45, 7) is 2.31. The summed E-state index contributed by atoms with van der Waals surface area (Å²) in [4.78, 5) is 17.5. The molecule has 0 saturated heterocycles. The number of nitrogens with zero attached hydrogens (tertiary/aromatic N) is 2. The maximum absolute atomic E-state index is 10.8. The molecule has 2 aromatic rings. The van der Waals surface area contributed by atoms with Crippen molar-refractivity contribution in [1.82, 2.24) is 10.2 Å². The standard InChI is InChI=1S/C20H24N4O2.HI/c1-22-20(24-10-9-16-6-2-3-7-17(16)13-24)23-12-15-5-4-8-18(11-15)26-14-19(21)25;/h2-8,11H,9-10,12-14H2,1H3,(H2,21,25)(H,22,23);1H. The van der Waals surface area contributed by atoms with E-state index in [1.807, 2.05) is 24.3 Å². The van der Waals surface area contributed by atoms with Crippen molar-refractivity contribution in [3.63, 3.8) is 0 Å². The third-order valence-electron chi connectivity index (χ3n) is 4.37. The largest absolute Gasteiger partial charge is 0.484 e. The minimum atomic E-state index is -0.487. The average molecular weight is 480 g/mol. The number of fused-ring (bicyclic) bond motifs is 1. The van der Waals surface area contributed by atoms with E-state index in [0.29, 0.717) is 12.3 Å². The second-order valence-corrected chi connectivity index (χ2v) is 6.24. The molecule has 0 spiro atoms. The normalized spacial score (nSPS) is 13.4. The quantitative estimate of drug-likeness (QED) is 0.391. The highest BCUT2D eigenvalue weighted by molar-refractivity contribution is 14.0. The first-order valence-electron chi connectivity index (χ1n) is 8.68. The first-order valence-corrected chi connectivity index (χ1v) is 8.68. The van der Waals surface area contributed by atoms with Gasteiger partial charge in [-0.2, -0.15) is 0 Å². The minimum absolute atomic E-state index is 0. The fraction of sp³-hybridized carbons (Fsp3) is 0.300. The van der Waals surface area contributed by atoms with Gasteiger partial charge in [-0.15, -0.1) is 24.0 Å². The zero-order valence-electron chi connectivity index (χ0n) is 15.4. The summed E-state index contributed by atoms with van der Waals surface area (Å²) in [6, 6.07) is 16.1. The van der Waals surface area contributed by atoms with Crippen molar-refractivity contribution in [2.24, 2.45) is 10.7 Å². The van der Waals surface area contributed by atoms with Crippen LogP contribution in [0.2, 0.25) is 0 Å². The molecule has 3 N–H and O–H groups in total. The summed E-state index contributed by atoms with van der Waals surface area (Å²) in [5, 5.41) is 3.41. The van der Waals surface area contributed by atoms with Crippen LogP contribution in [0.15, 0.2) is 53.5 Å². The molecule has 7 heteroatoms. The van der Waals surface area contributed by atoms with Crippen molar-refractivity contribution in [3.8, 4) is 5.75 Å². The van der Waals surface area contributed by atoms with Crippen LogP contribution in [-0.2, 0) is 24.3 Å². The lowest BCUT2D eigenvalue weighted by Gasteiger charge is -2.31. The van der Waals surface area contributed by atoms with Crippen LogP contribution in [0.1, 0.15) is 16.7 Å². The third kappa shape index (κ3) is 5.85. The van der Waals surface area contributed by atoms with Gasteiger partial charge in [-0.25, -0.2) is 0 Å². The number of hydrogen-bond acceptors (Lipinski definition) is 3. The number of hydrogen-bond donors (Lipinski definition) is 2. The number of carbonyl (C=O) groups excluding carboxylic acids is 1. The molecule has 0 aliphatic carbocycles. The van der Waals surface area contributed by atoms with Crippen molar-refractivity contribution >= 4 is 35.8 Å². The summed E-state index contributed by atoms with van der Waals surface area (Å²) < 4.78 is 5.35. The number of halogens is 1. The lowest BCUT2D eigenvalue weighted by molar-refractivity contribution is -0.119. The van der Waals surface area contributed by atoms with Crippen LogP contribution in [0.3, 0.4) is 0 Å². The monoisotopic (exact) mass is 480 g/mol. The molecule has 0 fully saturated rings. The van der Waals surface area contributed by atoms with E-state index in [-0.39, 0.29) is 30.6 Å². The lowest BCUT2D eigenvalue weighted by atomic mass is 10.0. The van der Waals surface area contributed by atoms with E-state index in [1.54, 1.807) is 7.05 Å². The highest BCUT2D eigenvalue weighted by atomic mass is 127. The highest BCUT2D eigenvalue weighted by Crippen LogP contribution is 2.19. The van der Waals surface area contributed by atoms with Crippen LogP contribution in [0, 0.1) is 0 Å². The zero-order chi connectivity index (χ0) is 18.4. The van der Waals surface area contributed by atoms with Crippen LogP contribution in [0.5, 0.6) is 5.75 Å². The molecule has 1 amide bonds. The Morgan fingerprint density at radius 3 is 2.74 bits per heavy atom. The fourth-order valence-corrected chi connectivity index (χ4v) is 3.09. The minimum Gasteiger partial charge on any atom is -0.484 e. The molecule has 0 radical (unpaired) electrons. The van der Waals surface area contributed by atoms with E-state index in [9.17, 15) is 4.79 Å². The van der Waals surface area contributed by atoms with E-state index in [0.717, 1.165) is 31.0 Å². The summed E-state index contributed by atoms with van der Waals surface area (Å²) in [6.07, 6.45) is 1.02. The molecule has 27 heavy (non-hydrogen) atoms. The van der Waals surface area contributed by atoms with Gasteiger partial charge in [0.2, 0.25) is 0 Å². The number of nitrogens with two attached hydrogens (primary N) is 1. The number of ether oxygens (including phenoxy) is 1. The van der Waals surface area contributed by atoms with Crippen LogP contribution in [0.25, 0.3) is 0 Å². The Bertz CT molecular complexity index is 810. The highest BCUT2D eigenvalue weighted by Gasteiger charge is 2.18. The molecule has 0 bridgehead atoms. The fourth-order valence-electron chi connectivity index (χ4n) is 3.09. The summed E-state index contributed by atoms with van der Waals surface area (Å²) in [7, 11) is 1.80. The first kappa shape index (κ1) is 21.0. The summed E-state index contributed by atoms with van der Waals surface area (Å²) >= 11 is 0. The smallest absolute Gasteiger partial charge is 0.255 e. The number of primary amides is 1. The number of aliphatic imine (C=N–C) groups is 1. The molecule has 1 aliphatic heterocycles. The second kappa shape index (κ2) is 10.1. The van der Waals surface area contributed by atoms with Crippen LogP contribution in [0.4, 0.5) is 0 Å². The molecular formula is C20H25IN4O2. The molecule has 144 valence electrons. The van der Waals surface area contributed by atoms with Gasteiger partial charge in [0.15, 0.2) is 12.6 Å². The summed E-state index contributed by atoms with van der Waals surface area (Å²) in [5.41, 5.74) is 8.93. The summed E-state index contributed by atoms with van der Waals surface area (Å²) in [5.74, 6) is 1.02. The van der Waals surface area contributed by atoms with Gasteiger partial charge in [-0.05, 0) is 35.2 Å². The Balaban J connectivity index is 0.00000261. The van der Waals surface area contributed by atoms with Gasteiger partial charge in [0, 0.05) is 26.7 Å². The van der Waals surface area contributed by atoms with E-state index in [4.69, 9.17) is 10.5 Å². The van der Waals surface area contributed by atoms with Crippen molar-refractivity contribution < 1.29 is 9.53 Å². The Kier molecular flexibility index (Phi) is 7.90. The number of amides is 1. The maximum atomic E-state index is 10.8. The Morgan fingerprint density at radius 1 is 1.22 bits per heavy atom. The predicted molar refractivity (Wildman–Crippen MR) is 117 cm³/mol. The Labute approximate surface area is 176 Å². The van der Waals surface area contributed by atoms with Crippen LogP contribution >= 0.6 is 24.0 Å². The van der Waals surface area contributed by atoms with Gasteiger partial charge >= 0.3 is 0 Å². The van der Waals surface area contributed by atoms with Gasteiger partial charge in [0.05, 0.1) is 0 Å². The van der Waals surface area contributed by atoms with E-state index < -0.39 is 5.91 Å². The third-order valence-corrected chi connectivity index (χ3v) is 4.37. The average Bonchev–Trinajstić information content (AvgIpc) is 2.67. The van der Waals surface area contributed by atoms with Crippen molar-refractivity contribution in [3.05, 3.63) is 65.2 Å². The van der Waals surface area contributed by atoms with Crippen molar-refractivity contribution in [1.29, 1.82) is 0 Å². The molecule has 6 nitrogen and oxygen atoms in total. The number of benzene rings is 2. The van der Waals surface area contributed by atoms with Crippen molar-refractivity contribution in [2.45, 2.75) is 19.5 Å². The molecule has 0 atom stereocenters. The number of guanidine groups is 1. The molecule has 0 aromatic heterocycles. The van der Waals surface area contributed by atoms with Gasteiger partial charge in [0.25, 0.3) is 5.91 Å². The topological polar surface area (TPSA) is 80.0 Å². The van der Waals surface area contributed by atoms with Gasteiger partial charge in [-0.1, -0.05) is 36.4 Å². The molecule has 2 aromatic carbocycles. The second-order valence-electron chi connectivity index (χ2n) is 6.24. The molecule has 1 aliphatic rings. The van der Waals surface area contributed by atoms with E-state index >= 15 is 0 Å². The molecular weight excluding hydrogens is 455 g/mol. The first-order chi connectivity index (χ1) is 12.7. The van der Waals surface area contributed by atoms with Gasteiger partial charge in [-0.3, -0.25) is 9.79 Å². The van der Waals surface area contributed by atoms with Crippen LogP contribution in [-0.4, -0.2) is 37.0 Å². The Morgan fingerprint density at radius 2 is 2.00 bits per heavy atom. The molecule has 0 unspecified atom stereocenters.